The standard InChI is InChI=1S/C25H25FN2O5/c1-31-19-6-3-2-5-17(19)22-21-23(29)18-15-16(26)7-8-20(18)33-24(21)25(30)28(22)10-4-9-27-11-13-32-14-12-27/h2-3,5-8,15,22H,4,9-14H2,1H3/t22-/m0/s1. The number of carbonyl (C=O) groups excluding carboxylic acids is 1. The molecule has 0 radical (unpaired) electrons. The Morgan fingerprint density at radius 2 is 1.88 bits per heavy atom. The van der Waals surface area contributed by atoms with E-state index in [2.05, 4.69) is 4.90 Å². The van der Waals surface area contributed by atoms with Crippen molar-refractivity contribution in [2.24, 2.45) is 0 Å². The third-order valence-electron chi connectivity index (χ3n) is 6.34. The first-order valence-electron chi connectivity index (χ1n) is 11.1. The smallest absolute Gasteiger partial charge is 0.290 e. The van der Waals surface area contributed by atoms with E-state index < -0.39 is 17.3 Å². The van der Waals surface area contributed by atoms with Gasteiger partial charge in [0.25, 0.3) is 5.91 Å². The van der Waals surface area contributed by atoms with E-state index in [-0.39, 0.29) is 28.2 Å². The highest BCUT2D eigenvalue weighted by atomic mass is 19.1. The summed E-state index contributed by atoms with van der Waals surface area (Å²) in [5.41, 5.74) is 0.726. The molecule has 0 unspecified atom stereocenters. The molecular weight excluding hydrogens is 427 g/mol. The summed E-state index contributed by atoms with van der Waals surface area (Å²) in [6.45, 7) is 4.39. The molecule has 1 fully saturated rings. The maximum Gasteiger partial charge on any atom is 0.290 e. The molecule has 0 saturated carbocycles. The van der Waals surface area contributed by atoms with E-state index in [0.29, 0.717) is 31.1 Å². The van der Waals surface area contributed by atoms with Gasteiger partial charge in [-0.15, -0.1) is 0 Å². The Morgan fingerprint density at radius 3 is 2.67 bits per heavy atom. The minimum absolute atomic E-state index is 0.0152. The van der Waals surface area contributed by atoms with Crippen LogP contribution >= 0.6 is 0 Å². The van der Waals surface area contributed by atoms with Crippen LogP contribution in [0.15, 0.2) is 51.7 Å². The van der Waals surface area contributed by atoms with Crippen molar-refractivity contribution in [3.05, 3.63) is 75.4 Å². The number of rotatable bonds is 6. The van der Waals surface area contributed by atoms with Gasteiger partial charge in [0.15, 0.2) is 5.43 Å². The monoisotopic (exact) mass is 452 g/mol. The summed E-state index contributed by atoms with van der Waals surface area (Å²) in [5.74, 6) is -0.289. The van der Waals surface area contributed by atoms with Crippen LogP contribution in [0.2, 0.25) is 0 Å². The Bertz CT molecular complexity index is 1250. The molecule has 3 heterocycles. The van der Waals surface area contributed by atoms with Crippen LogP contribution in [0.3, 0.4) is 0 Å². The molecule has 0 N–H and O–H groups in total. The number of hydrogen-bond donors (Lipinski definition) is 0. The molecule has 0 aliphatic carbocycles. The van der Waals surface area contributed by atoms with Gasteiger partial charge in [-0.05, 0) is 30.7 Å². The number of carbonyl (C=O) groups is 1. The van der Waals surface area contributed by atoms with Gasteiger partial charge in [0.05, 0.1) is 37.3 Å². The van der Waals surface area contributed by atoms with Gasteiger partial charge in [-0.2, -0.15) is 0 Å². The Balaban J connectivity index is 1.57. The lowest BCUT2D eigenvalue weighted by atomic mass is 9.97. The molecule has 8 heteroatoms. The summed E-state index contributed by atoms with van der Waals surface area (Å²) >= 11 is 0. The first-order chi connectivity index (χ1) is 16.1. The number of methoxy groups -OCH3 is 1. The van der Waals surface area contributed by atoms with Crippen LogP contribution in [0.5, 0.6) is 5.75 Å². The van der Waals surface area contributed by atoms with Gasteiger partial charge in [0, 0.05) is 31.7 Å². The second-order valence-corrected chi connectivity index (χ2v) is 8.27. The van der Waals surface area contributed by atoms with Crippen molar-refractivity contribution in [2.75, 3.05) is 46.5 Å². The van der Waals surface area contributed by atoms with E-state index >= 15 is 0 Å². The minimum atomic E-state index is -0.669. The largest absolute Gasteiger partial charge is 0.496 e. The molecule has 172 valence electrons. The molecule has 33 heavy (non-hydrogen) atoms. The number of hydrogen-bond acceptors (Lipinski definition) is 6. The van der Waals surface area contributed by atoms with Crippen molar-refractivity contribution >= 4 is 16.9 Å². The van der Waals surface area contributed by atoms with E-state index in [1.165, 1.54) is 12.1 Å². The number of fused-ring (bicyclic) bond motifs is 2. The molecule has 1 atom stereocenters. The van der Waals surface area contributed by atoms with Crippen LogP contribution in [0, 0.1) is 5.82 Å². The summed E-state index contributed by atoms with van der Waals surface area (Å²) in [7, 11) is 1.55. The summed E-state index contributed by atoms with van der Waals surface area (Å²) < 4.78 is 30.7. The maximum atomic E-state index is 13.9. The van der Waals surface area contributed by atoms with Gasteiger partial charge in [0.1, 0.15) is 17.1 Å². The highest BCUT2D eigenvalue weighted by Gasteiger charge is 2.43. The van der Waals surface area contributed by atoms with E-state index in [1.807, 2.05) is 18.2 Å². The average Bonchev–Trinajstić information content (AvgIpc) is 3.12. The van der Waals surface area contributed by atoms with Crippen molar-refractivity contribution < 1.29 is 23.1 Å². The lowest BCUT2D eigenvalue weighted by Gasteiger charge is -2.29. The first kappa shape index (κ1) is 21.6. The summed E-state index contributed by atoms with van der Waals surface area (Å²) in [6, 6.07) is 10.4. The zero-order valence-corrected chi connectivity index (χ0v) is 18.4. The normalized spacial score (nSPS) is 18.7. The number of amides is 1. The third kappa shape index (κ3) is 3.89. The SMILES string of the molecule is COc1ccccc1[C@H]1c2c(oc3ccc(F)cc3c2=O)C(=O)N1CCCN1CCOCC1. The van der Waals surface area contributed by atoms with E-state index in [0.717, 1.165) is 32.1 Å². The van der Waals surface area contributed by atoms with Gasteiger partial charge >= 0.3 is 0 Å². The average molecular weight is 452 g/mol. The Kier molecular flexibility index (Phi) is 5.86. The number of para-hydroxylation sites is 1. The zero-order chi connectivity index (χ0) is 22.9. The molecule has 7 nitrogen and oxygen atoms in total. The molecule has 1 aromatic heterocycles. The molecule has 2 aliphatic heterocycles. The number of benzene rings is 2. The van der Waals surface area contributed by atoms with Crippen LogP contribution in [0.25, 0.3) is 11.0 Å². The van der Waals surface area contributed by atoms with Crippen LogP contribution in [-0.2, 0) is 4.74 Å². The van der Waals surface area contributed by atoms with Crippen molar-refractivity contribution in [1.82, 2.24) is 9.80 Å². The molecule has 0 bridgehead atoms. The van der Waals surface area contributed by atoms with Crippen molar-refractivity contribution in [3.63, 3.8) is 0 Å². The molecule has 1 saturated heterocycles. The van der Waals surface area contributed by atoms with E-state index in [9.17, 15) is 14.0 Å². The van der Waals surface area contributed by atoms with Gasteiger partial charge in [-0.1, -0.05) is 18.2 Å². The molecule has 1 amide bonds. The van der Waals surface area contributed by atoms with E-state index in [4.69, 9.17) is 13.9 Å². The summed E-state index contributed by atoms with van der Waals surface area (Å²) in [5, 5.41) is 0.122. The van der Waals surface area contributed by atoms with Gasteiger partial charge in [0.2, 0.25) is 5.76 Å². The Labute approximate surface area is 190 Å². The molecule has 0 spiro atoms. The molecule has 3 aromatic rings. The summed E-state index contributed by atoms with van der Waals surface area (Å²) in [4.78, 5) is 30.9. The second-order valence-electron chi connectivity index (χ2n) is 8.27. The maximum absolute atomic E-state index is 13.9. The first-order valence-corrected chi connectivity index (χ1v) is 11.1. The van der Waals surface area contributed by atoms with Gasteiger partial charge in [-0.25, -0.2) is 4.39 Å². The lowest BCUT2D eigenvalue weighted by molar-refractivity contribution is 0.0353. The number of morpholine rings is 1. The van der Waals surface area contributed by atoms with Crippen molar-refractivity contribution in [3.8, 4) is 5.75 Å². The zero-order valence-electron chi connectivity index (χ0n) is 18.4. The second kappa shape index (κ2) is 8.96. The fraction of sp³-hybridized carbons (Fsp3) is 0.360. The lowest BCUT2D eigenvalue weighted by Crippen LogP contribution is -2.38. The molecule has 5 rings (SSSR count). The van der Waals surface area contributed by atoms with Crippen LogP contribution in [0.1, 0.15) is 34.1 Å². The number of halogens is 1. The fourth-order valence-corrected chi connectivity index (χ4v) is 4.73. The quantitative estimate of drug-likeness (QED) is 0.572. The minimum Gasteiger partial charge on any atom is -0.496 e. The van der Waals surface area contributed by atoms with Crippen LogP contribution in [-0.4, -0.2) is 62.2 Å². The highest BCUT2D eigenvalue weighted by molar-refractivity contribution is 5.99. The predicted octanol–water partition coefficient (Wildman–Crippen LogP) is 3.21. The number of nitrogens with zero attached hydrogens (tertiary/aromatic N) is 2. The van der Waals surface area contributed by atoms with Gasteiger partial charge in [-0.3, -0.25) is 14.5 Å². The fourth-order valence-electron chi connectivity index (χ4n) is 4.73. The number of ether oxygens (including phenoxy) is 2. The third-order valence-corrected chi connectivity index (χ3v) is 6.34. The molecule has 2 aromatic carbocycles. The van der Waals surface area contributed by atoms with Crippen LogP contribution < -0.4 is 10.2 Å². The highest BCUT2D eigenvalue weighted by Crippen LogP contribution is 2.41. The van der Waals surface area contributed by atoms with E-state index in [1.54, 1.807) is 18.1 Å². The van der Waals surface area contributed by atoms with Gasteiger partial charge < -0.3 is 18.8 Å². The van der Waals surface area contributed by atoms with Crippen molar-refractivity contribution in [2.45, 2.75) is 12.5 Å². The Morgan fingerprint density at radius 1 is 1.09 bits per heavy atom. The summed E-state index contributed by atoms with van der Waals surface area (Å²) in [6.07, 6.45) is 0.730. The molecule has 2 aliphatic rings. The van der Waals surface area contributed by atoms with Crippen molar-refractivity contribution in [1.29, 1.82) is 0 Å². The Hall–Kier alpha value is -3.23. The predicted molar refractivity (Wildman–Crippen MR) is 120 cm³/mol. The van der Waals surface area contributed by atoms with Crippen LogP contribution in [0.4, 0.5) is 4.39 Å². The topological polar surface area (TPSA) is 72.2 Å². The molecular formula is C25H25FN2O5.